The molecule has 0 atom stereocenters. The minimum Gasteiger partial charge on any atom is -0.379 e. The number of thiazole rings is 1. The lowest BCUT2D eigenvalue weighted by Crippen LogP contribution is -2.31. The van der Waals surface area contributed by atoms with Crippen LogP contribution in [0.5, 0.6) is 0 Å². The summed E-state index contributed by atoms with van der Waals surface area (Å²) in [6.07, 6.45) is 1.65. The summed E-state index contributed by atoms with van der Waals surface area (Å²) in [7, 11) is 0. The molecule has 0 spiro atoms. The Kier molecular flexibility index (Phi) is 5.06. The minimum absolute atomic E-state index is 0.0349. The molecule has 0 saturated carbocycles. The highest BCUT2D eigenvalue weighted by Gasteiger charge is 2.14. The highest BCUT2D eigenvalue weighted by Crippen LogP contribution is 2.12. The molecule has 0 saturated heterocycles. The standard InChI is InChI=1S/C14H18N4OS/c1-3-18(4-2)14(19)13-7-11(5-6-15-13)16-8-12-9-20-10-17-12/h5-7,9-10H,3-4,8H2,1-2H3,(H,15,16). The summed E-state index contributed by atoms with van der Waals surface area (Å²) >= 11 is 1.57. The van der Waals surface area contributed by atoms with Gasteiger partial charge in [-0.05, 0) is 26.0 Å². The Morgan fingerprint density at radius 2 is 2.15 bits per heavy atom. The fraction of sp³-hybridized carbons (Fsp3) is 0.357. The number of anilines is 1. The maximum Gasteiger partial charge on any atom is 0.272 e. The Balaban J connectivity index is 2.05. The van der Waals surface area contributed by atoms with Crippen molar-refractivity contribution < 1.29 is 4.79 Å². The molecule has 0 radical (unpaired) electrons. The fourth-order valence-electron chi connectivity index (χ4n) is 1.85. The van der Waals surface area contributed by atoms with Gasteiger partial charge in [-0.25, -0.2) is 4.98 Å². The molecule has 0 fully saturated rings. The number of carbonyl (C=O) groups excluding carboxylic acids is 1. The zero-order valence-corrected chi connectivity index (χ0v) is 12.5. The summed E-state index contributed by atoms with van der Waals surface area (Å²) in [6, 6.07) is 3.64. The number of carbonyl (C=O) groups is 1. The second-order valence-corrected chi connectivity index (χ2v) is 4.96. The van der Waals surface area contributed by atoms with E-state index in [1.165, 1.54) is 0 Å². The average molecular weight is 290 g/mol. The topological polar surface area (TPSA) is 58.1 Å². The Hall–Kier alpha value is -1.95. The first kappa shape index (κ1) is 14.5. The van der Waals surface area contributed by atoms with Crippen LogP contribution in [-0.2, 0) is 6.54 Å². The summed E-state index contributed by atoms with van der Waals surface area (Å²) in [5, 5.41) is 5.25. The van der Waals surface area contributed by atoms with Gasteiger partial charge in [0.2, 0.25) is 0 Å². The Morgan fingerprint density at radius 1 is 1.35 bits per heavy atom. The molecule has 2 aromatic heterocycles. The third-order valence-electron chi connectivity index (χ3n) is 2.99. The van der Waals surface area contributed by atoms with E-state index in [0.29, 0.717) is 25.3 Å². The first-order chi connectivity index (χ1) is 9.74. The number of aromatic nitrogens is 2. The van der Waals surface area contributed by atoms with Gasteiger partial charge in [0.25, 0.3) is 5.91 Å². The summed E-state index contributed by atoms with van der Waals surface area (Å²) < 4.78 is 0. The van der Waals surface area contributed by atoms with E-state index in [-0.39, 0.29) is 5.91 Å². The third kappa shape index (κ3) is 3.54. The van der Waals surface area contributed by atoms with Gasteiger partial charge in [0.1, 0.15) is 5.69 Å². The van der Waals surface area contributed by atoms with Crippen molar-refractivity contribution in [2.75, 3.05) is 18.4 Å². The predicted octanol–water partition coefficient (Wildman–Crippen LogP) is 2.63. The molecule has 2 heterocycles. The molecule has 2 rings (SSSR count). The zero-order chi connectivity index (χ0) is 14.4. The van der Waals surface area contributed by atoms with E-state index in [9.17, 15) is 4.79 Å². The molecule has 5 nitrogen and oxygen atoms in total. The minimum atomic E-state index is -0.0349. The second-order valence-electron chi connectivity index (χ2n) is 4.24. The smallest absolute Gasteiger partial charge is 0.272 e. The second kappa shape index (κ2) is 7.00. The van der Waals surface area contributed by atoms with Crippen LogP contribution in [0.3, 0.4) is 0 Å². The van der Waals surface area contributed by atoms with Crippen molar-refractivity contribution >= 4 is 22.9 Å². The van der Waals surface area contributed by atoms with Crippen molar-refractivity contribution in [3.05, 3.63) is 40.6 Å². The van der Waals surface area contributed by atoms with Gasteiger partial charge >= 0.3 is 0 Å². The summed E-state index contributed by atoms with van der Waals surface area (Å²) in [5.74, 6) is -0.0349. The van der Waals surface area contributed by atoms with E-state index in [2.05, 4.69) is 15.3 Å². The molecule has 0 aromatic carbocycles. The molecular weight excluding hydrogens is 272 g/mol. The lowest BCUT2D eigenvalue weighted by molar-refractivity contribution is 0.0767. The van der Waals surface area contributed by atoms with Gasteiger partial charge in [0, 0.05) is 30.4 Å². The van der Waals surface area contributed by atoms with Gasteiger partial charge in [-0.1, -0.05) is 0 Å². The van der Waals surface area contributed by atoms with Crippen LogP contribution >= 0.6 is 11.3 Å². The van der Waals surface area contributed by atoms with E-state index in [1.54, 1.807) is 34.0 Å². The van der Waals surface area contributed by atoms with Crippen LogP contribution in [0.4, 0.5) is 5.69 Å². The van der Waals surface area contributed by atoms with Crippen LogP contribution in [0, 0.1) is 0 Å². The molecule has 106 valence electrons. The summed E-state index contributed by atoms with van der Waals surface area (Å²) in [6.45, 7) is 5.95. The van der Waals surface area contributed by atoms with Crippen molar-refractivity contribution in [3.63, 3.8) is 0 Å². The lowest BCUT2D eigenvalue weighted by Gasteiger charge is -2.18. The van der Waals surface area contributed by atoms with Gasteiger partial charge in [-0.15, -0.1) is 11.3 Å². The molecule has 0 unspecified atom stereocenters. The van der Waals surface area contributed by atoms with Gasteiger partial charge in [-0.3, -0.25) is 9.78 Å². The van der Waals surface area contributed by atoms with Crippen molar-refractivity contribution in [3.8, 4) is 0 Å². The average Bonchev–Trinajstić information content (AvgIpc) is 3.00. The van der Waals surface area contributed by atoms with Gasteiger partial charge in [0.05, 0.1) is 17.7 Å². The maximum atomic E-state index is 12.2. The fourth-order valence-corrected chi connectivity index (χ4v) is 2.41. The summed E-state index contributed by atoms with van der Waals surface area (Å²) in [4.78, 5) is 22.3. The van der Waals surface area contributed by atoms with Crippen LogP contribution in [0.2, 0.25) is 0 Å². The normalized spacial score (nSPS) is 10.3. The van der Waals surface area contributed by atoms with E-state index in [1.807, 2.05) is 25.3 Å². The van der Waals surface area contributed by atoms with Gasteiger partial charge in [-0.2, -0.15) is 0 Å². The molecule has 0 aliphatic rings. The Labute approximate surface area is 122 Å². The van der Waals surface area contributed by atoms with Crippen LogP contribution in [0.15, 0.2) is 29.2 Å². The number of nitrogens with one attached hydrogen (secondary N) is 1. The van der Waals surface area contributed by atoms with Crippen LogP contribution in [0.25, 0.3) is 0 Å². The predicted molar refractivity (Wildman–Crippen MR) is 80.9 cm³/mol. The van der Waals surface area contributed by atoms with Gasteiger partial charge in [0.15, 0.2) is 0 Å². The van der Waals surface area contributed by atoms with Crippen molar-refractivity contribution in [2.45, 2.75) is 20.4 Å². The molecule has 2 aromatic rings. The Bertz CT molecular complexity index is 552. The molecule has 0 aliphatic carbocycles. The monoisotopic (exact) mass is 290 g/mol. The highest BCUT2D eigenvalue weighted by atomic mass is 32.1. The number of amides is 1. The molecule has 1 N–H and O–H groups in total. The molecule has 6 heteroatoms. The molecule has 0 aliphatic heterocycles. The number of nitrogens with zero attached hydrogens (tertiary/aromatic N) is 3. The van der Waals surface area contributed by atoms with Crippen molar-refractivity contribution in [2.24, 2.45) is 0 Å². The Morgan fingerprint density at radius 3 is 2.80 bits per heavy atom. The van der Waals surface area contributed by atoms with Gasteiger partial charge < -0.3 is 10.2 Å². The number of hydrogen-bond donors (Lipinski definition) is 1. The molecule has 0 bridgehead atoms. The third-order valence-corrected chi connectivity index (χ3v) is 3.62. The van der Waals surface area contributed by atoms with E-state index >= 15 is 0 Å². The van der Waals surface area contributed by atoms with E-state index in [0.717, 1.165) is 11.4 Å². The summed E-state index contributed by atoms with van der Waals surface area (Å²) in [5.41, 5.74) is 4.14. The molecular formula is C14H18N4OS. The van der Waals surface area contributed by atoms with Crippen LogP contribution in [-0.4, -0.2) is 33.9 Å². The molecule has 20 heavy (non-hydrogen) atoms. The maximum absolute atomic E-state index is 12.2. The highest BCUT2D eigenvalue weighted by molar-refractivity contribution is 7.07. The molecule has 1 amide bonds. The lowest BCUT2D eigenvalue weighted by atomic mass is 10.2. The quantitative estimate of drug-likeness (QED) is 0.888. The van der Waals surface area contributed by atoms with Crippen molar-refractivity contribution in [1.82, 2.24) is 14.9 Å². The number of rotatable bonds is 6. The van der Waals surface area contributed by atoms with E-state index in [4.69, 9.17) is 0 Å². The number of pyridine rings is 1. The SMILES string of the molecule is CCN(CC)C(=O)c1cc(NCc2cscn2)ccn1. The van der Waals surface area contributed by atoms with Crippen molar-refractivity contribution in [1.29, 1.82) is 0 Å². The largest absolute Gasteiger partial charge is 0.379 e. The van der Waals surface area contributed by atoms with E-state index < -0.39 is 0 Å². The van der Waals surface area contributed by atoms with Crippen LogP contribution < -0.4 is 5.32 Å². The first-order valence-corrected chi connectivity index (χ1v) is 7.55. The van der Waals surface area contributed by atoms with Crippen LogP contribution in [0.1, 0.15) is 30.0 Å². The zero-order valence-electron chi connectivity index (χ0n) is 11.7. The number of hydrogen-bond acceptors (Lipinski definition) is 5. The first-order valence-electron chi connectivity index (χ1n) is 6.60.